The summed E-state index contributed by atoms with van der Waals surface area (Å²) in [5, 5.41) is 0.751. The SMILES string of the molecule is COc1ccc(/C=C/C(=O)C2CC2)cc1COc1cc(C)c(Cl)cc1C(C)C. The molecule has 148 valence electrons. The summed E-state index contributed by atoms with van der Waals surface area (Å²) in [5.74, 6) is 2.36. The maximum Gasteiger partial charge on any atom is 0.158 e. The molecule has 4 heteroatoms. The molecular weight excluding hydrogens is 372 g/mol. The molecule has 2 aromatic carbocycles. The minimum atomic E-state index is 0.215. The molecule has 3 nitrogen and oxygen atoms in total. The van der Waals surface area contributed by atoms with E-state index < -0.39 is 0 Å². The van der Waals surface area contributed by atoms with E-state index in [4.69, 9.17) is 21.1 Å². The van der Waals surface area contributed by atoms with Crippen LogP contribution in [0.25, 0.3) is 6.08 Å². The first-order chi connectivity index (χ1) is 13.4. The van der Waals surface area contributed by atoms with E-state index in [2.05, 4.69) is 13.8 Å². The normalized spacial score (nSPS) is 13.9. The van der Waals surface area contributed by atoms with Crippen LogP contribution in [0.1, 0.15) is 54.9 Å². The van der Waals surface area contributed by atoms with Crippen LogP contribution in [0.15, 0.2) is 36.4 Å². The topological polar surface area (TPSA) is 35.5 Å². The number of carbonyl (C=O) groups is 1. The lowest BCUT2D eigenvalue weighted by Gasteiger charge is -2.17. The zero-order valence-electron chi connectivity index (χ0n) is 16.9. The first-order valence-electron chi connectivity index (χ1n) is 9.70. The zero-order chi connectivity index (χ0) is 20.3. The average Bonchev–Trinajstić information content (AvgIpc) is 3.51. The molecule has 0 atom stereocenters. The van der Waals surface area contributed by atoms with Crippen molar-refractivity contribution in [3.05, 3.63) is 63.7 Å². The number of benzene rings is 2. The number of allylic oxidation sites excluding steroid dienone is 1. The fourth-order valence-electron chi connectivity index (χ4n) is 3.10. The summed E-state index contributed by atoms with van der Waals surface area (Å²) >= 11 is 6.29. The van der Waals surface area contributed by atoms with Crippen molar-refractivity contribution < 1.29 is 14.3 Å². The zero-order valence-corrected chi connectivity index (χ0v) is 17.7. The van der Waals surface area contributed by atoms with E-state index in [1.165, 1.54) is 0 Å². The first kappa shape index (κ1) is 20.5. The van der Waals surface area contributed by atoms with Gasteiger partial charge in [-0.15, -0.1) is 0 Å². The van der Waals surface area contributed by atoms with E-state index in [9.17, 15) is 4.79 Å². The fourth-order valence-corrected chi connectivity index (χ4v) is 3.27. The Balaban J connectivity index is 1.80. The summed E-state index contributed by atoms with van der Waals surface area (Å²) in [6.45, 7) is 6.60. The molecule has 1 fully saturated rings. The highest BCUT2D eigenvalue weighted by Gasteiger charge is 2.27. The minimum absolute atomic E-state index is 0.215. The van der Waals surface area contributed by atoms with Crippen molar-refractivity contribution in [3.63, 3.8) is 0 Å². The van der Waals surface area contributed by atoms with Crippen LogP contribution in [0.5, 0.6) is 11.5 Å². The Labute approximate surface area is 172 Å². The number of halogens is 1. The molecule has 0 bridgehead atoms. The molecule has 2 aromatic rings. The summed E-state index contributed by atoms with van der Waals surface area (Å²) in [7, 11) is 1.65. The average molecular weight is 399 g/mol. The van der Waals surface area contributed by atoms with Crippen LogP contribution in [-0.2, 0) is 11.4 Å². The lowest BCUT2D eigenvalue weighted by molar-refractivity contribution is -0.115. The van der Waals surface area contributed by atoms with Crippen LogP contribution < -0.4 is 9.47 Å². The Morgan fingerprint density at radius 3 is 2.61 bits per heavy atom. The summed E-state index contributed by atoms with van der Waals surface area (Å²) < 4.78 is 11.7. The maximum absolute atomic E-state index is 11.9. The van der Waals surface area contributed by atoms with Gasteiger partial charge in [0.1, 0.15) is 18.1 Å². The first-order valence-corrected chi connectivity index (χ1v) is 10.1. The third-order valence-electron chi connectivity index (χ3n) is 5.02. The molecule has 0 aromatic heterocycles. The number of rotatable bonds is 8. The Bertz CT molecular complexity index is 895. The van der Waals surface area contributed by atoms with E-state index in [-0.39, 0.29) is 11.7 Å². The van der Waals surface area contributed by atoms with E-state index in [0.29, 0.717) is 12.5 Å². The summed E-state index contributed by atoms with van der Waals surface area (Å²) in [4.78, 5) is 11.9. The van der Waals surface area contributed by atoms with Crippen molar-refractivity contribution in [2.75, 3.05) is 7.11 Å². The van der Waals surface area contributed by atoms with Crippen molar-refractivity contribution in [2.24, 2.45) is 5.92 Å². The molecule has 0 N–H and O–H groups in total. The lowest BCUT2D eigenvalue weighted by atomic mass is 10.0. The highest BCUT2D eigenvalue weighted by molar-refractivity contribution is 6.31. The Morgan fingerprint density at radius 2 is 1.96 bits per heavy atom. The molecule has 0 aliphatic heterocycles. The highest BCUT2D eigenvalue weighted by atomic mass is 35.5. The number of methoxy groups -OCH3 is 1. The molecule has 0 radical (unpaired) electrons. The second-order valence-corrected chi connectivity index (χ2v) is 8.07. The fraction of sp³-hybridized carbons (Fsp3) is 0.375. The number of hydrogen-bond acceptors (Lipinski definition) is 3. The standard InChI is InChI=1S/C24H27ClO3/c1-15(2)20-13-21(25)16(3)11-24(20)28-14-19-12-17(6-10-23(19)27-4)5-9-22(26)18-7-8-18/h5-6,9-13,15,18H,7-8,14H2,1-4H3/b9-5+. The van der Waals surface area contributed by atoms with Crippen molar-refractivity contribution in [3.8, 4) is 11.5 Å². The van der Waals surface area contributed by atoms with E-state index in [1.54, 1.807) is 13.2 Å². The third-order valence-corrected chi connectivity index (χ3v) is 5.43. The van der Waals surface area contributed by atoms with Gasteiger partial charge in [-0.25, -0.2) is 0 Å². The van der Waals surface area contributed by atoms with Crippen LogP contribution in [-0.4, -0.2) is 12.9 Å². The van der Waals surface area contributed by atoms with Crippen molar-refractivity contribution in [1.29, 1.82) is 0 Å². The van der Waals surface area contributed by atoms with Crippen LogP contribution in [0.4, 0.5) is 0 Å². The van der Waals surface area contributed by atoms with Gasteiger partial charge in [0.2, 0.25) is 0 Å². The van der Waals surface area contributed by atoms with Crippen LogP contribution >= 0.6 is 11.6 Å². The van der Waals surface area contributed by atoms with Gasteiger partial charge in [0.05, 0.1) is 7.11 Å². The largest absolute Gasteiger partial charge is 0.496 e. The van der Waals surface area contributed by atoms with Crippen LogP contribution in [0.2, 0.25) is 5.02 Å². The smallest absolute Gasteiger partial charge is 0.158 e. The molecular formula is C24H27ClO3. The Hall–Kier alpha value is -2.26. The number of hydrogen-bond donors (Lipinski definition) is 0. The number of ketones is 1. The van der Waals surface area contributed by atoms with Crippen molar-refractivity contribution >= 4 is 23.5 Å². The van der Waals surface area contributed by atoms with Gasteiger partial charge in [0.15, 0.2) is 5.78 Å². The van der Waals surface area contributed by atoms with E-state index >= 15 is 0 Å². The summed E-state index contributed by atoms with van der Waals surface area (Å²) in [5.41, 5.74) is 3.97. The van der Waals surface area contributed by atoms with Crippen LogP contribution in [0.3, 0.4) is 0 Å². The van der Waals surface area contributed by atoms with Crippen LogP contribution in [0, 0.1) is 12.8 Å². The van der Waals surface area contributed by atoms with Gasteiger partial charge in [-0.1, -0.05) is 37.6 Å². The molecule has 0 spiro atoms. The lowest BCUT2D eigenvalue weighted by Crippen LogP contribution is -2.03. The summed E-state index contributed by atoms with van der Waals surface area (Å²) in [6, 6.07) is 9.84. The Kier molecular flexibility index (Phi) is 6.46. The predicted octanol–water partition coefficient (Wildman–Crippen LogP) is 6.35. The second kappa shape index (κ2) is 8.83. The predicted molar refractivity (Wildman–Crippen MR) is 114 cm³/mol. The molecule has 0 heterocycles. The number of ether oxygens (including phenoxy) is 2. The molecule has 1 saturated carbocycles. The molecule has 0 saturated heterocycles. The molecule has 0 amide bonds. The van der Waals surface area contributed by atoms with Gasteiger partial charge < -0.3 is 9.47 Å². The molecule has 3 rings (SSSR count). The van der Waals surface area contributed by atoms with Gasteiger partial charge in [-0.05, 0) is 72.7 Å². The molecule has 1 aliphatic carbocycles. The van der Waals surface area contributed by atoms with Crippen molar-refractivity contribution in [1.82, 2.24) is 0 Å². The Morgan fingerprint density at radius 1 is 1.21 bits per heavy atom. The number of carbonyl (C=O) groups excluding carboxylic acids is 1. The molecule has 1 aliphatic rings. The van der Waals surface area contributed by atoms with Crippen molar-refractivity contribution in [2.45, 2.75) is 46.1 Å². The number of aryl methyl sites for hydroxylation is 1. The summed E-state index contributed by atoms with van der Waals surface area (Å²) in [6.07, 6.45) is 5.59. The molecule has 0 unspecified atom stereocenters. The van der Waals surface area contributed by atoms with Gasteiger partial charge in [0, 0.05) is 16.5 Å². The van der Waals surface area contributed by atoms with E-state index in [0.717, 1.165) is 51.6 Å². The van der Waals surface area contributed by atoms with Gasteiger partial charge in [0.25, 0.3) is 0 Å². The monoisotopic (exact) mass is 398 g/mol. The molecule has 28 heavy (non-hydrogen) atoms. The second-order valence-electron chi connectivity index (χ2n) is 7.66. The van der Waals surface area contributed by atoms with E-state index in [1.807, 2.05) is 43.3 Å². The van der Waals surface area contributed by atoms with Gasteiger partial charge in [-0.3, -0.25) is 4.79 Å². The third kappa shape index (κ3) is 4.96. The highest BCUT2D eigenvalue weighted by Crippen LogP contribution is 2.33. The maximum atomic E-state index is 11.9. The van der Waals surface area contributed by atoms with Gasteiger partial charge in [-0.2, -0.15) is 0 Å². The van der Waals surface area contributed by atoms with Gasteiger partial charge >= 0.3 is 0 Å². The quantitative estimate of drug-likeness (QED) is 0.486. The minimum Gasteiger partial charge on any atom is -0.496 e.